The number of hydrogen-bond acceptors (Lipinski definition) is 0. The van der Waals surface area contributed by atoms with Crippen molar-refractivity contribution in [2.24, 2.45) is 0 Å². The molecule has 0 radical (unpaired) electrons. The Balaban J connectivity index is 1.30. The number of rotatable bonds is 1. The molecule has 0 aliphatic carbocycles. The number of nitrogens with zero attached hydrogens (tertiary/aromatic N) is 3. The summed E-state index contributed by atoms with van der Waals surface area (Å²) in [5, 5.41) is 5.29. The second-order valence-electron chi connectivity index (χ2n) is 13.6. The predicted molar refractivity (Wildman–Crippen MR) is 188 cm³/mol. The minimum atomic E-state index is 0.106. The van der Waals surface area contributed by atoms with Gasteiger partial charge in [0.15, 0.2) is 12.4 Å². The van der Waals surface area contributed by atoms with Crippen molar-refractivity contribution in [3.8, 4) is 22.5 Å². The highest BCUT2D eigenvalue weighted by Gasteiger charge is 2.46. The Morgan fingerprint density at radius 2 is 1.48 bits per heavy atom. The largest absolute Gasteiger partial charge is 0.308 e. The number of benzene rings is 4. The molecule has 2 unspecified atom stereocenters. The topological polar surface area (TPSA) is 12.2 Å². The van der Waals surface area contributed by atoms with Gasteiger partial charge in [-0.15, -0.1) is 0 Å². The van der Waals surface area contributed by atoms with Crippen LogP contribution >= 0.6 is 0 Å². The van der Waals surface area contributed by atoms with Crippen LogP contribution in [0.15, 0.2) is 128 Å². The SMILES string of the molecule is C=C1C2C(CCc3cc4c(cc3-c3cc(C(C)C)cc[n+]31)c1cccc3c5ccccc5n4c31)c1ccccc1-c1cccc[n+]12. The molecule has 0 N–H and O–H groups in total. The summed E-state index contributed by atoms with van der Waals surface area (Å²) in [6, 6.07) is 41.2. The summed E-state index contributed by atoms with van der Waals surface area (Å²) in [4.78, 5) is 0. The van der Waals surface area contributed by atoms with Crippen molar-refractivity contribution in [3.63, 3.8) is 0 Å². The van der Waals surface area contributed by atoms with E-state index in [1.54, 1.807) is 0 Å². The lowest BCUT2D eigenvalue weighted by Gasteiger charge is -2.29. The van der Waals surface area contributed by atoms with E-state index in [1.807, 2.05) is 0 Å². The van der Waals surface area contributed by atoms with E-state index >= 15 is 0 Å². The fraction of sp³-hybridized carbons (Fsp3) is 0.163. The number of hydrogen-bond donors (Lipinski definition) is 0. The van der Waals surface area contributed by atoms with Crippen LogP contribution in [0, 0.1) is 0 Å². The van der Waals surface area contributed by atoms with Gasteiger partial charge >= 0.3 is 0 Å². The molecule has 8 aromatic rings. The first-order valence-corrected chi connectivity index (χ1v) is 16.6. The van der Waals surface area contributed by atoms with Gasteiger partial charge < -0.3 is 4.40 Å². The molecule has 46 heavy (non-hydrogen) atoms. The molecule has 6 heterocycles. The van der Waals surface area contributed by atoms with Gasteiger partial charge in [-0.2, -0.15) is 9.13 Å². The van der Waals surface area contributed by atoms with E-state index in [4.69, 9.17) is 6.58 Å². The van der Waals surface area contributed by atoms with Gasteiger partial charge in [0.05, 0.1) is 28.0 Å². The predicted octanol–water partition coefficient (Wildman–Crippen LogP) is 9.62. The molecule has 0 bridgehead atoms. The quantitative estimate of drug-likeness (QED) is 0.168. The molecule has 0 saturated heterocycles. The highest BCUT2D eigenvalue weighted by Crippen LogP contribution is 2.46. The zero-order valence-corrected chi connectivity index (χ0v) is 26.2. The first-order valence-electron chi connectivity index (χ1n) is 16.6. The van der Waals surface area contributed by atoms with Crippen LogP contribution in [-0.4, -0.2) is 4.40 Å². The van der Waals surface area contributed by atoms with Gasteiger partial charge in [0.1, 0.15) is 0 Å². The highest BCUT2D eigenvalue weighted by molar-refractivity contribution is 6.23. The molecule has 0 spiro atoms. The molecule has 4 aromatic heterocycles. The number of allylic oxidation sites excluding steroid dienone is 1. The van der Waals surface area contributed by atoms with Gasteiger partial charge in [-0.25, -0.2) is 0 Å². The molecule has 2 aliphatic heterocycles. The van der Waals surface area contributed by atoms with Crippen LogP contribution in [0.2, 0.25) is 0 Å². The van der Waals surface area contributed by atoms with E-state index in [1.165, 1.54) is 77.3 Å². The van der Waals surface area contributed by atoms with Crippen molar-refractivity contribution in [2.45, 2.75) is 44.6 Å². The van der Waals surface area contributed by atoms with E-state index in [2.05, 4.69) is 149 Å². The van der Waals surface area contributed by atoms with E-state index in [9.17, 15) is 0 Å². The lowest BCUT2D eigenvalue weighted by Crippen LogP contribution is -2.53. The fourth-order valence-corrected chi connectivity index (χ4v) is 8.80. The van der Waals surface area contributed by atoms with Crippen molar-refractivity contribution in [2.75, 3.05) is 0 Å². The van der Waals surface area contributed by atoms with Gasteiger partial charge in [0, 0.05) is 51.4 Å². The molecule has 10 rings (SSSR count). The second kappa shape index (κ2) is 9.37. The summed E-state index contributed by atoms with van der Waals surface area (Å²) in [5.41, 5.74) is 14.4. The van der Waals surface area contributed by atoms with Crippen molar-refractivity contribution < 1.29 is 9.13 Å². The number of aryl methyl sites for hydroxylation is 1. The maximum absolute atomic E-state index is 4.90. The molecule has 4 aromatic carbocycles. The Morgan fingerprint density at radius 3 is 2.37 bits per heavy atom. The minimum absolute atomic E-state index is 0.106. The Hall–Kier alpha value is -5.28. The van der Waals surface area contributed by atoms with E-state index < -0.39 is 0 Å². The first-order chi connectivity index (χ1) is 22.6. The van der Waals surface area contributed by atoms with Crippen LogP contribution < -0.4 is 9.13 Å². The molecule has 2 aliphatic rings. The molecule has 220 valence electrons. The standard InChI is InChI=1S/C43H35N3/c1-26(2)28-20-22-44-27(3)42-35(30-11-4-5-12-31(30)38-16-8-9-21-45(38)42)19-18-29-24-41-37(25-36(29)40(44)23-28)34-15-10-14-33-32-13-6-7-17-39(32)46(41)43(33)34/h4-17,20-26,35,42H,3,18-19H2,1-2H3/q+2. The zero-order chi connectivity index (χ0) is 30.7. The molecule has 0 fully saturated rings. The number of fused-ring (bicyclic) bond motifs is 15. The summed E-state index contributed by atoms with van der Waals surface area (Å²) >= 11 is 0. The van der Waals surface area contributed by atoms with Crippen LogP contribution in [-0.2, 0) is 6.42 Å². The summed E-state index contributed by atoms with van der Waals surface area (Å²) in [6.07, 6.45) is 6.57. The number of pyridine rings is 2. The molecule has 0 saturated carbocycles. The first kappa shape index (κ1) is 26.0. The fourth-order valence-electron chi connectivity index (χ4n) is 8.80. The van der Waals surface area contributed by atoms with Crippen molar-refractivity contribution in [3.05, 3.63) is 145 Å². The van der Waals surface area contributed by atoms with Crippen LogP contribution in [0.1, 0.15) is 54.8 Å². The van der Waals surface area contributed by atoms with Crippen LogP contribution in [0.5, 0.6) is 0 Å². The Kier molecular flexibility index (Phi) is 5.29. The maximum Gasteiger partial charge on any atom is 0.249 e. The second-order valence-corrected chi connectivity index (χ2v) is 13.6. The smallest absolute Gasteiger partial charge is 0.249 e. The molecular formula is C43H35N3+2. The van der Waals surface area contributed by atoms with E-state index in [-0.39, 0.29) is 6.04 Å². The summed E-state index contributed by atoms with van der Waals surface area (Å²) < 4.78 is 7.41. The Bertz CT molecular complexity index is 2550. The Labute approximate surface area is 268 Å². The molecule has 2 atom stereocenters. The van der Waals surface area contributed by atoms with Gasteiger partial charge in [-0.05, 0) is 72.4 Å². The third-order valence-corrected chi connectivity index (χ3v) is 11.0. The summed E-state index contributed by atoms with van der Waals surface area (Å²) in [7, 11) is 0. The molecule has 3 heteroatoms. The normalized spacial score (nSPS) is 17.4. The Morgan fingerprint density at radius 1 is 0.696 bits per heavy atom. The highest BCUT2D eigenvalue weighted by atomic mass is 15.1. The average Bonchev–Trinajstić information content (AvgIpc) is 3.62. The van der Waals surface area contributed by atoms with Crippen LogP contribution in [0.3, 0.4) is 0 Å². The monoisotopic (exact) mass is 593 g/mol. The third-order valence-electron chi connectivity index (χ3n) is 11.0. The number of para-hydroxylation sites is 2. The van der Waals surface area contributed by atoms with Crippen LogP contribution in [0.25, 0.3) is 66.3 Å². The van der Waals surface area contributed by atoms with Crippen LogP contribution in [0.4, 0.5) is 0 Å². The molecule has 0 amide bonds. The van der Waals surface area contributed by atoms with Crippen molar-refractivity contribution in [1.82, 2.24) is 4.40 Å². The average molecular weight is 594 g/mol. The van der Waals surface area contributed by atoms with Gasteiger partial charge in [-0.1, -0.05) is 68.4 Å². The van der Waals surface area contributed by atoms with Gasteiger partial charge in [0.25, 0.3) is 0 Å². The number of aromatic nitrogens is 3. The van der Waals surface area contributed by atoms with Crippen molar-refractivity contribution in [1.29, 1.82) is 0 Å². The third kappa shape index (κ3) is 3.38. The lowest BCUT2D eigenvalue weighted by atomic mass is 9.78. The summed E-state index contributed by atoms with van der Waals surface area (Å²) in [5.74, 6) is 0.721. The zero-order valence-electron chi connectivity index (χ0n) is 26.2. The maximum atomic E-state index is 4.90. The minimum Gasteiger partial charge on any atom is -0.308 e. The van der Waals surface area contributed by atoms with E-state index in [0.29, 0.717) is 11.8 Å². The molecule has 3 nitrogen and oxygen atoms in total. The van der Waals surface area contributed by atoms with Crippen molar-refractivity contribution >= 4 is 43.8 Å². The van der Waals surface area contributed by atoms with E-state index in [0.717, 1.165) is 18.5 Å². The summed E-state index contributed by atoms with van der Waals surface area (Å²) in [6.45, 7) is 9.48. The van der Waals surface area contributed by atoms with Gasteiger partial charge in [-0.3, -0.25) is 0 Å². The lowest BCUT2D eigenvalue weighted by molar-refractivity contribution is -0.727. The van der Waals surface area contributed by atoms with Gasteiger partial charge in [0.2, 0.25) is 23.1 Å². The molecular weight excluding hydrogens is 558 g/mol.